The molecule has 0 aliphatic carbocycles. The van der Waals surface area contributed by atoms with Gasteiger partial charge in [-0.1, -0.05) is 17.4 Å². The Hall–Kier alpha value is -3.89. The second kappa shape index (κ2) is 7.50. The topological polar surface area (TPSA) is 104 Å². The molecule has 30 heavy (non-hydrogen) atoms. The van der Waals surface area contributed by atoms with Crippen molar-refractivity contribution in [3.05, 3.63) is 54.1 Å². The summed E-state index contributed by atoms with van der Waals surface area (Å²) in [5.74, 6) is -3.82. The van der Waals surface area contributed by atoms with Gasteiger partial charge in [-0.05, 0) is 24.3 Å². The number of benzene rings is 2. The molecule has 2 aliphatic heterocycles. The van der Waals surface area contributed by atoms with E-state index in [1.807, 2.05) is 0 Å². The molecule has 0 radical (unpaired) electrons. The number of halogens is 2. The number of hydrogen-bond donors (Lipinski definition) is 1. The first-order valence-electron chi connectivity index (χ1n) is 8.84. The number of carbonyl (C=O) groups is 3. The van der Waals surface area contributed by atoms with Crippen molar-refractivity contribution >= 4 is 29.1 Å². The highest BCUT2D eigenvalue weighted by atomic mass is 19.2. The molecule has 0 bridgehead atoms. The summed E-state index contributed by atoms with van der Waals surface area (Å²) in [5.41, 5.74) is 0.307. The summed E-state index contributed by atoms with van der Waals surface area (Å²) < 4.78 is 31.9. The molecule has 2 heterocycles. The van der Waals surface area contributed by atoms with Gasteiger partial charge in [0.1, 0.15) is 12.3 Å². The van der Waals surface area contributed by atoms with Crippen LogP contribution in [0.2, 0.25) is 0 Å². The predicted octanol–water partition coefficient (Wildman–Crippen LogP) is 1.91. The van der Waals surface area contributed by atoms with Crippen LogP contribution in [0.4, 0.5) is 20.2 Å². The summed E-state index contributed by atoms with van der Waals surface area (Å²) in [6, 6.07) is 7.14. The van der Waals surface area contributed by atoms with Crippen LogP contribution in [0.15, 0.2) is 52.8 Å². The highest BCUT2D eigenvalue weighted by Gasteiger charge is 2.55. The maximum absolute atomic E-state index is 13.6. The zero-order chi connectivity index (χ0) is 21.4. The minimum atomic E-state index is -1.19. The highest BCUT2D eigenvalue weighted by Crippen LogP contribution is 2.32. The van der Waals surface area contributed by atoms with Gasteiger partial charge in [-0.25, -0.2) is 13.7 Å². The summed E-state index contributed by atoms with van der Waals surface area (Å²) in [7, 11) is 1.46. The van der Waals surface area contributed by atoms with E-state index in [9.17, 15) is 23.2 Å². The first kappa shape index (κ1) is 19.4. The van der Waals surface area contributed by atoms with Crippen LogP contribution in [0.3, 0.4) is 0 Å². The number of anilines is 2. The number of hydrogen-bond acceptors (Lipinski definition) is 7. The minimum Gasteiger partial charge on any atom is -0.495 e. The molecular formula is C19H15F2N5O4. The van der Waals surface area contributed by atoms with Crippen molar-refractivity contribution in [2.75, 3.05) is 23.9 Å². The Bertz CT molecular complexity index is 1080. The standard InChI is InChI=1S/C19H15F2N5O4/c1-30-14-5-3-2-4-13(14)22-15(27)9-25-17-16(23-24-25)18(28)26(19(17)29)10-6-7-11(20)12(21)8-10/h2-8,16-17H,9H2,1H3,(H,22,27)/t16-,17+/m0/s1. The van der Waals surface area contributed by atoms with Crippen LogP contribution in [0.1, 0.15) is 0 Å². The zero-order valence-corrected chi connectivity index (χ0v) is 15.6. The van der Waals surface area contributed by atoms with E-state index in [1.165, 1.54) is 7.11 Å². The number of carbonyl (C=O) groups excluding carboxylic acids is 3. The fourth-order valence-electron chi connectivity index (χ4n) is 3.32. The number of rotatable bonds is 5. The molecule has 0 aromatic heterocycles. The molecule has 4 rings (SSSR count). The first-order valence-corrected chi connectivity index (χ1v) is 8.84. The Morgan fingerprint density at radius 1 is 1.13 bits per heavy atom. The maximum Gasteiger partial charge on any atom is 0.263 e. The molecule has 1 N–H and O–H groups in total. The number of fused-ring (bicyclic) bond motifs is 1. The Kier molecular flexibility index (Phi) is 4.86. The maximum atomic E-state index is 13.6. The molecule has 1 fully saturated rings. The Morgan fingerprint density at radius 3 is 2.63 bits per heavy atom. The quantitative estimate of drug-likeness (QED) is 0.752. The van der Waals surface area contributed by atoms with E-state index in [0.717, 1.165) is 28.1 Å². The van der Waals surface area contributed by atoms with Crippen molar-refractivity contribution in [1.82, 2.24) is 5.01 Å². The minimum absolute atomic E-state index is 0.119. The van der Waals surface area contributed by atoms with Gasteiger partial charge in [0.25, 0.3) is 11.8 Å². The number of nitrogens with zero attached hydrogens (tertiary/aromatic N) is 4. The van der Waals surface area contributed by atoms with E-state index in [-0.39, 0.29) is 12.2 Å². The molecule has 0 unspecified atom stereocenters. The molecule has 154 valence electrons. The van der Waals surface area contributed by atoms with Gasteiger partial charge in [-0.3, -0.25) is 19.4 Å². The molecule has 2 atom stereocenters. The fraction of sp³-hybridized carbons (Fsp3) is 0.211. The second-order valence-corrected chi connectivity index (χ2v) is 6.55. The lowest BCUT2D eigenvalue weighted by molar-refractivity contribution is -0.123. The van der Waals surface area contributed by atoms with E-state index >= 15 is 0 Å². The number of ether oxygens (including phenoxy) is 1. The van der Waals surface area contributed by atoms with E-state index in [0.29, 0.717) is 11.4 Å². The van der Waals surface area contributed by atoms with Crippen molar-refractivity contribution < 1.29 is 27.9 Å². The van der Waals surface area contributed by atoms with Gasteiger partial charge in [0.05, 0.1) is 18.5 Å². The lowest BCUT2D eigenvalue weighted by atomic mass is 10.1. The lowest BCUT2D eigenvalue weighted by Gasteiger charge is -2.20. The molecule has 2 aliphatic rings. The summed E-state index contributed by atoms with van der Waals surface area (Å²) >= 11 is 0. The number of nitrogens with one attached hydrogen (secondary N) is 1. The van der Waals surface area contributed by atoms with E-state index in [2.05, 4.69) is 15.7 Å². The van der Waals surface area contributed by atoms with Gasteiger partial charge in [0.15, 0.2) is 23.7 Å². The molecular weight excluding hydrogens is 400 g/mol. The Labute approximate surface area is 168 Å². The molecule has 2 aromatic carbocycles. The van der Waals surface area contributed by atoms with Crippen LogP contribution in [-0.4, -0.2) is 48.5 Å². The van der Waals surface area contributed by atoms with Crippen LogP contribution in [0, 0.1) is 11.6 Å². The summed E-state index contributed by atoms with van der Waals surface area (Å²) in [6.07, 6.45) is 0. The van der Waals surface area contributed by atoms with Crippen molar-refractivity contribution in [3.63, 3.8) is 0 Å². The molecule has 0 spiro atoms. The van der Waals surface area contributed by atoms with Crippen molar-refractivity contribution in [2.45, 2.75) is 12.1 Å². The van der Waals surface area contributed by atoms with Crippen LogP contribution in [0.25, 0.3) is 0 Å². The summed E-state index contributed by atoms with van der Waals surface area (Å²) in [6.45, 7) is -0.354. The SMILES string of the molecule is COc1ccccc1NC(=O)CN1N=N[C@@H]2C(=O)N(c3ccc(F)c(F)c3)C(=O)[C@@H]21. The predicted molar refractivity (Wildman–Crippen MR) is 99.6 cm³/mol. The van der Waals surface area contributed by atoms with E-state index in [1.54, 1.807) is 24.3 Å². The van der Waals surface area contributed by atoms with Crippen LogP contribution in [0.5, 0.6) is 5.75 Å². The van der Waals surface area contributed by atoms with Crippen molar-refractivity contribution in [1.29, 1.82) is 0 Å². The molecule has 1 saturated heterocycles. The number of para-hydroxylation sites is 2. The second-order valence-electron chi connectivity index (χ2n) is 6.55. The highest BCUT2D eigenvalue weighted by molar-refractivity contribution is 6.25. The molecule has 9 nitrogen and oxygen atoms in total. The molecule has 2 aromatic rings. The summed E-state index contributed by atoms with van der Waals surface area (Å²) in [5, 5.41) is 11.3. The summed E-state index contributed by atoms with van der Waals surface area (Å²) in [4.78, 5) is 38.6. The van der Waals surface area contributed by atoms with Crippen LogP contribution in [-0.2, 0) is 14.4 Å². The normalized spacial score (nSPS) is 20.0. The number of amides is 3. The van der Waals surface area contributed by atoms with Gasteiger partial charge >= 0.3 is 0 Å². The average Bonchev–Trinajstić information content (AvgIpc) is 3.24. The third-order valence-electron chi connectivity index (χ3n) is 4.71. The van der Waals surface area contributed by atoms with Gasteiger partial charge in [-0.2, -0.15) is 5.11 Å². The molecule has 3 amide bonds. The van der Waals surface area contributed by atoms with E-state index in [4.69, 9.17) is 4.74 Å². The van der Waals surface area contributed by atoms with Gasteiger partial charge in [0, 0.05) is 6.07 Å². The number of methoxy groups -OCH3 is 1. The van der Waals surface area contributed by atoms with Gasteiger partial charge in [-0.15, -0.1) is 0 Å². The molecule has 0 saturated carbocycles. The average molecular weight is 415 g/mol. The third kappa shape index (κ3) is 3.23. The first-order chi connectivity index (χ1) is 14.4. The van der Waals surface area contributed by atoms with Gasteiger partial charge < -0.3 is 10.1 Å². The van der Waals surface area contributed by atoms with Crippen LogP contribution < -0.4 is 15.0 Å². The Morgan fingerprint density at radius 2 is 1.90 bits per heavy atom. The lowest BCUT2D eigenvalue weighted by Crippen LogP contribution is -2.43. The smallest absolute Gasteiger partial charge is 0.263 e. The zero-order valence-electron chi connectivity index (χ0n) is 15.6. The van der Waals surface area contributed by atoms with Crippen molar-refractivity contribution in [3.8, 4) is 5.75 Å². The van der Waals surface area contributed by atoms with Crippen LogP contribution >= 0.6 is 0 Å². The Balaban J connectivity index is 1.50. The van der Waals surface area contributed by atoms with E-state index < -0.39 is 41.4 Å². The van der Waals surface area contributed by atoms with Gasteiger partial charge in [0.2, 0.25) is 5.91 Å². The monoisotopic (exact) mass is 415 g/mol. The largest absolute Gasteiger partial charge is 0.495 e. The molecule has 11 heteroatoms. The third-order valence-corrected chi connectivity index (χ3v) is 4.71. The fourth-order valence-corrected chi connectivity index (χ4v) is 3.32. The van der Waals surface area contributed by atoms with Crippen molar-refractivity contribution in [2.24, 2.45) is 10.3 Å². The number of imide groups is 1.